The molecule has 0 bridgehead atoms. The maximum atomic E-state index is 13.5. The second-order valence-corrected chi connectivity index (χ2v) is 8.54. The van der Waals surface area contributed by atoms with Crippen molar-refractivity contribution in [1.29, 1.82) is 0 Å². The Morgan fingerprint density at radius 2 is 1.47 bits per heavy atom. The Morgan fingerprint density at radius 1 is 0.812 bits per heavy atom. The van der Waals surface area contributed by atoms with Crippen molar-refractivity contribution in [2.75, 3.05) is 5.88 Å². The van der Waals surface area contributed by atoms with Crippen molar-refractivity contribution in [2.24, 2.45) is 0 Å². The number of hydrogen-bond donors (Lipinski definition) is 0. The zero-order chi connectivity index (χ0) is 22.4. The van der Waals surface area contributed by atoms with Crippen LogP contribution >= 0.6 is 11.8 Å². The van der Waals surface area contributed by atoms with Gasteiger partial charge in [0.25, 0.3) is 17.4 Å². The van der Waals surface area contributed by atoms with Gasteiger partial charge < -0.3 is 0 Å². The van der Waals surface area contributed by atoms with Crippen LogP contribution in [0.5, 0.6) is 0 Å². The van der Waals surface area contributed by atoms with Crippen LogP contribution in [0.2, 0.25) is 0 Å². The number of aromatic nitrogens is 2. The van der Waals surface area contributed by atoms with Crippen molar-refractivity contribution in [1.82, 2.24) is 14.5 Å². The first kappa shape index (κ1) is 20.2. The number of hydrogen-bond acceptors (Lipinski definition) is 5. The minimum absolute atomic E-state index is 0.0575. The predicted molar refractivity (Wildman–Crippen MR) is 124 cm³/mol. The third-order valence-corrected chi connectivity index (χ3v) is 6.68. The van der Waals surface area contributed by atoms with Gasteiger partial charge in [0.1, 0.15) is 0 Å². The second-order valence-electron chi connectivity index (χ2n) is 7.63. The number of carbonyl (C=O) groups is 2. The number of imide groups is 1. The summed E-state index contributed by atoms with van der Waals surface area (Å²) in [5.74, 6) is -0.610. The molecule has 0 spiro atoms. The molecule has 2 heterocycles. The lowest BCUT2D eigenvalue weighted by atomic mass is 10.1. The number of para-hydroxylation sites is 1. The summed E-state index contributed by atoms with van der Waals surface area (Å²) in [7, 11) is 0. The van der Waals surface area contributed by atoms with Gasteiger partial charge in [-0.05, 0) is 55.3 Å². The summed E-state index contributed by atoms with van der Waals surface area (Å²) in [6, 6.07) is 19.7. The maximum absolute atomic E-state index is 13.5. The van der Waals surface area contributed by atoms with Crippen LogP contribution in [0.15, 0.2) is 76.7 Å². The number of rotatable bonds is 4. The highest BCUT2D eigenvalue weighted by atomic mass is 32.2. The lowest BCUT2D eigenvalue weighted by Gasteiger charge is -2.18. The van der Waals surface area contributed by atoms with Crippen LogP contribution in [0.25, 0.3) is 16.6 Å². The van der Waals surface area contributed by atoms with E-state index in [1.165, 1.54) is 16.7 Å². The van der Waals surface area contributed by atoms with Gasteiger partial charge in [0, 0.05) is 0 Å². The van der Waals surface area contributed by atoms with Gasteiger partial charge in [-0.1, -0.05) is 48.2 Å². The molecule has 0 saturated heterocycles. The van der Waals surface area contributed by atoms with Gasteiger partial charge in [0.05, 0.1) is 33.6 Å². The lowest BCUT2D eigenvalue weighted by Crippen LogP contribution is -2.30. The Balaban J connectivity index is 1.60. The van der Waals surface area contributed by atoms with E-state index in [9.17, 15) is 14.4 Å². The Morgan fingerprint density at radius 3 is 2.19 bits per heavy atom. The number of thioether (sulfide) groups is 1. The lowest BCUT2D eigenvalue weighted by molar-refractivity contribution is 0.0684. The maximum Gasteiger partial charge on any atom is 0.266 e. The van der Waals surface area contributed by atoms with Crippen molar-refractivity contribution in [3.05, 3.63) is 99.3 Å². The zero-order valence-electron chi connectivity index (χ0n) is 17.5. The molecule has 32 heavy (non-hydrogen) atoms. The van der Waals surface area contributed by atoms with Crippen molar-refractivity contribution in [3.63, 3.8) is 0 Å². The molecule has 0 saturated carbocycles. The van der Waals surface area contributed by atoms with Crippen LogP contribution in [-0.4, -0.2) is 32.1 Å². The van der Waals surface area contributed by atoms with Crippen molar-refractivity contribution in [2.45, 2.75) is 19.0 Å². The molecule has 0 aliphatic carbocycles. The first-order chi connectivity index (χ1) is 15.5. The minimum atomic E-state index is -0.334. The molecule has 1 aliphatic rings. The summed E-state index contributed by atoms with van der Waals surface area (Å²) in [5, 5.41) is 0.942. The Bertz CT molecular complexity index is 1440. The molecule has 0 fully saturated rings. The summed E-state index contributed by atoms with van der Waals surface area (Å²) >= 11 is 1.20. The zero-order valence-corrected chi connectivity index (χ0v) is 18.3. The summed E-state index contributed by atoms with van der Waals surface area (Å²) in [6.45, 7) is 3.95. The summed E-state index contributed by atoms with van der Waals surface area (Å²) < 4.78 is 1.58. The van der Waals surface area contributed by atoms with E-state index in [1.54, 1.807) is 41.0 Å². The Labute approximate surface area is 188 Å². The molecule has 0 atom stereocenters. The molecule has 6 nitrogen and oxygen atoms in total. The Hall–Kier alpha value is -3.71. The van der Waals surface area contributed by atoms with Gasteiger partial charge in [0.2, 0.25) is 0 Å². The monoisotopic (exact) mass is 441 g/mol. The smallest absolute Gasteiger partial charge is 0.266 e. The summed E-state index contributed by atoms with van der Waals surface area (Å²) in [5.41, 5.74) is 3.94. The largest absolute Gasteiger partial charge is 0.269 e. The SMILES string of the molecule is Cc1cccc(-n2c(SCN3C(=O)c4ccccc4C3=O)nc3ccccc3c2=O)c1C. The van der Waals surface area contributed by atoms with Crippen LogP contribution in [0.3, 0.4) is 0 Å². The van der Waals surface area contributed by atoms with E-state index in [4.69, 9.17) is 4.98 Å². The van der Waals surface area contributed by atoms with Gasteiger partial charge in [0.15, 0.2) is 5.16 Å². The molecule has 2 amide bonds. The van der Waals surface area contributed by atoms with Crippen molar-refractivity contribution >= 4 is 34.5 Å². The Kier molecular flexibility index (Phi) is 4.90. The normalized spacial score (nSPS) is 13.1. The molecular weight excluding hydrogens is 422 g/mol. The fourth-order valence-corrected chi connectivity index (χ4v) is 4.83. The van der Waals surface area contributed by atoms with E-state index in [-0.39, 0.29) is 23.3 Å². The van der Waals surface area contributed by atoms with Crippen molar-refractivity contribution in [3.8, 4) is 5.69 Å². The van der Waals surface area contributed by atoms with Gasteiger partial charge in [-0.2, -0.15) is 0 Å². The highest BCUT2D eigenvalue weighted by Crippen LogP contribution is 2.29. The fraction of sp³-hybridized carbons (Fsp3) is 0.120. The average molecular weight is 442 g/mol. The van der Waals surface area contributed by atoms with E-state index in [2.05, 4.69) is 0 Å². The van der Waals surface area contributed by atoms with E-state index < -0.39 is 0 Å². The van der Waals surface area contributed by atoms with Gasteiger partial charge in [-0.15, -0.1) is 0 Å². The van der Waals surface area contributed by atoms with Crippen molar-refractivity contribution < 1.29 is 9.59 Å². The van der Waals surface area contributed by atoms with E-state index in [1.807, 2.05) is 44.2 Å². The number of nitrogens with zero attached hydrogens (tertiary/aromatic N) is 3. The van der Waals surface area contributed by atoms with Crippen LogP contribution in [-0.2, 0) is 0 Å². The molecule has 5 rings (SSSR count). The van der Waals surface area contributed by atoms with Crippen LogP contribution in [0, 0.1) is 13.8 Å². The van der Waals surface area contributed by atoms with Gasteiger partial charge >= 0.3 is 0 Å². The van der Waals surface area contributed by atoms with Crippen LogP contribution < -0.4 is 5.56 Å². The third kappa shape index (κ3) is 3.13. The average Bonchev–Trinajstić information content (AvgIpc) is 3.05. The number of amides is 2. The molecule has 1 aliphatic heterocycles. The highest BCUT2D eigenvalue weighted by molar-refractivity contribution is 7.99. The molecular formula is C25H19N3O3S. The first-order valence-corrected chi connectivity index (χ1v) is 11.1. The van der Waals surface area contributed by atoms with E-state index in [0.29, 0.717) is 27.2 Å². The minimum Gasteiger partial charge on any atom is -0.269 e. The van der Waals surface area contributed by atoms with Gasteiger partial charge in [-0.25, -0.2) is 4.98 Å². The summed E-state index contributed by atoms with van der Waals surface area (Å²) in [4.78, 5) is 44.9. The predicted octanol–water partition coefficient (Wildman–Crippen LogP) is 4.35. The highest BCUT2D eigenvalue weighted by Gasteiger charge is 2.35. The number of aryl methyl sites for hydroxylation is 1. The number of carbonyl (C=O) groups excluding carboxylic acids is 2. The van der Waals surface area contributed by atoms with Crippen LogP contribution in [0.4, 0.5) is 0 Å². The van der Waals surface area contributed by atoms with Gasteiger partial charge in [-0.3, -0.25) is 23.9 Å². The van der Waals surface area contributed by atoms with Crippen LogP contribution in [0.1, 0.15) is 31.8 Å². The van der Waals surface area contributed by atoms with E-state index >= 15 is 0 Å². The molecule has 3 aromatic carbocycles. The van der Waals surface area contributed by atoms with E-state index in [0.717, 1.165) is 16.8 Å². The fourth-order valence-electron chi connectivity index (χ4n) is 3.88. The molecule has 158 valence electrons. The quantitative estimate of drug-likeness (QED) is 0.268. The number of benzene rings is 3. The molecule has 7 heteroatoms. The molecule has 0 radical (unpaired) electrons. The molecule has 0 unspecified atom stereocenters. The second kappa shape index (κ2) is 7.76. The summed E-state index contributed by atoms with van der Waals surface area (Å²) in [6.07, 6.45) is 0. The first-order valence-electron chi connectivity index (χ1n) is 10.1. The topological polar surface area (TPSA) is 72.3 Å². The number of fused-ring (bicyclic) bond motifs is 2. The standard InChI is InChI=1S/C25H19N3O3S/c1-15-8-7-13-21(16(15)2)28-24(31)19-11-5-6-12-20(19)26-25(28)32-14-27-22(29)17-9-3-4-10-18(17)23(27)30/h3-13H,14H2,1-2H3. The third-order valence-electron chi connectivity index (χ3n) is 5.76. The molecule has 4 aromatic rings. The molecule has 0 N–H and O–H groups in total. The molecule has 1 aromatic heterocycles.